The number of nitriles is 1. The van der Waals surface area contributed by atoms with Gasteiger partial charge in [-0.15, -0.1) is 0 Å². The maximum atomic E-state index is 12.5. The highest BCUT2D eigenvalue weighted by atomic mass is 35.5. The van der Waals surface area contributed by atoms with Gasteiger partial charge in [0, 0.05) is 19.2 Å². The van der Waals surface area contributed by atoms with E-state index in [4.69, 9.17) is 11.6 Å². The van der Waals surface area contributed by atoms with Crippen molar-refractivity contribution in [3.63, 3.8) is 0 Å². The Morgan fingerprint density at radius 2 is 2.10 bits per heavy atom. The van der Waals surface area contributed by atoms with Crippen LogP contribution in [0.5, 0.6) is 0 Å². The first kappa shape index (κ1) is 21.8. The number of nitro groups is 1. The summed E-state index contributed by atoms with van der Waals surface area (Å²) in [5.41, 5.74) is -0.963. The van der Waals surface area contributed by atoms with E-state index >= 15 is 0 Å². The zero-order chi connectivity index (χ0) is 21.9. The van der Waals surface area contributed by atoms with Crippen LogP contribution in [0.2, 0.25) is 5.02 Å². The first-order valence-electron chi connectivity index (χ1n) is 9.16. The Labute approximate surface area is 181 Å². The summed E-state index contributed by atoms with van der Waals surface area (Å²) in [6, 6.07) is 6.17. The number of nitro benzene ring substituents is 1. The van der Waals surface area contributed by atoms with Crippen molar-refractivity contribution in [1.29, 1.82) is 5.26 Å². The molecule has 1 aliphatic heterocycles. The lowest BCUT2D eigenvalue weighted by molar-refractivity contribution is -0.384. The van der Waals surface area contributed by atoms with Crippen molar-refractivity contribution in [2.24, 2.45) is 5.41 Å². The van der Waals surface area contributed by atoms with E-state index in [1.54, 1.807) is 0 Å². The number of amides is 3. The number of hydrogen-bond donors (Lipinski definition) is 1. The number of benzene rings is 1. The van der Waals surface area contributed by atoms with Gasteiger partial charge in [-0.05, 0) is 42.3 Å². The van der Waals surface area contributed by atoms with Gasteiger partial charge in [-0.2, -0.15) is 5.26 Å². The van der Waals surface area contributed by atoms with Crippen molar-refractivity contribution in [1.82, 2.24) is 10.2 Å². The van der Waals surface area contributed by atoms with Gasteiger partial charge in [0.2, 0.25) is 5.91 Å². The summed E-state index contributed by atoms with van der Waals surface area (Å²) in [6.07, 6.45) is 4.03. The highest BCUT2D eigenvalue weighted by Crippen LogP contribution is 2.37. The van der Waals surface area contributed by atoms with Crippen LogP contribution in [0, 0.1) is 26.9 Å². The topological polar surface area (TPSA) is 133 Å². The second kappa shape index (κ2) is 8.85. The molecular weight excluding hydrogens is 432 g/mol. The predicted octanol–water partition coefficient (Wildman–Crippen LogP) is 3.48. The average Bonchev–Trinajstić information content (AvgIpc) is 3.30. The van der Waals surface area contributed by atoms with Crippen molar-refractivity contribution in [3.8, 4) is 6.07 Å². The molecule has 1 saturated carbocycles. The second-order valence-electron chi connectivity index (χ2n) is 6.96. The van der Waals surface area contributed by atoms with Crippen molar-refractivity contribution in [3.05, 3.63) is 43.8 Å². The molecule has 0 aromatic heterocycles. The number of carbonyl (C=O) groups excluding carboxylic acids is 3. The molecule has 1 aliphatic carbocycles. The van der Waals surface area contributed by atoms with Crippen LogP contribution in [0.25, 0.3) is 6.08 Å². The highest BCUT2D eigenvalue weighted by Gasteiger charge is 2.41. The van der Waals surface area contributed by atoms with Crippen LogP contribution in [0.3, 0.4) is 0 Å². The van der Waals surface area contributed by atoms with E-state index in [1.807, 2.05) is 0 Å². The first-order chi connectivity index (χ1) is 14.3. The fourth-order valence-electron chi connectivity index (χ4n) is 3.42. The summed E-state index contributed by atoms with van der Waals surface area (Å²) >= 11 is 6.50. The minimum atomic E-state index is -1.03. The second-order valence-corrected chi connectivity index (χ2v) is 8.36. The number of carbonyl (C=O) groups is 3. The van der Waals surface area contributed by atoms with Crippen LogP contribution in [-0.2, 0) is 9.59 Å². The summed E-state index contributed by atoms with van der Waals surface area (Å²) in [4.78, 5) is 48.6. The number of thioether (sulfide) groups is 1. The Hall–Kier alpha value is -2.90. The van der Waals surface area contributed by atoms with E-state index in [-0.39, 0.29) is 34.6 Å². The predicted molar refractivity (Wildman–Crippen MR) is 110 cm³/mol. The fraction of sp³-hybridized carbons (Fsp3) is 0.368. The monoisotopic (exact) mass is 448 g/mol. The molecule has 0 unspecified atom stereocenters. The van der Waals surface area contributed by atoms with E-state index in [1.165, 1.54) is 24.3 Å². The van der Waals surface area contributed by atoms with Crippen LogP contribution < -0.4 is 5.32 Å². The van der Waals surface area contributed by atoms with Crippen molar-refractivity contribution < 1.29 is 19.3 Å². The largest absolute Gasteiger partial charge is 0.353 e. The average molecular weight is 449 g/mol. The molecule has 11 heteroatoms. The molecule has 2 aliphatic rings. The number of nitrogens with zero attached hydrogens (tertiary/aromatic N) is 3. The minimum absolute atomic E-state index is 0.0293. The maximum absolute atomic E-state index is 12.5. The van der Waals surface area contributed by atoms with Crippen molar-refractivity contribution >= 4 is 52.2 Å². The third kappa shape index (κ3) is 4.32. The Morgan fingerprint density at radius 3 is 2.73 bits per heavy atom. The summed E-state index contributed by atoms with van der Waals surface area (Å²) in [6.45, 7) is 0.00994. The molecule has 2 fully saturated rings. The van der Waals surface area contributed by atoms with Gasteiger partial charge in [0.05, 0.1) is 15.9 Å². The van der Waals surface area contributed by atoms with Crippen LogP contribution in [0.4, 0.5) is 10.5 Å². The quantitative estimate of drug-likeness (QED) is 0.400. The first-order valence-corrected chi connectivity index (χ1v) is 10.4. The third-order valence-electron chi connectivity index (χ3n) is 5.06. The molecule has 156 valence electrons. The number of rotatable bonds is 6. The number of nitrogens with one attached hydrogen (secondary N) is 1. The number of halogens is 1. The molecule has 1 saturated heterocycles. The zero-order valence-corrected chi connectivity index (χ0v) is 17.3. The molecule has 1 aromatic rings. The van der Waals surface area contributed by atoms with Gasteiger partial charge in [-0.25, -0.2) is 0 Å². The van der Waals surface area contributed by atoms with Gasteiger partial charge in [0.15, 0.2) is 0 Å². The Morgan fingerprint density at radius 1 is 1.40 bits per heavy atom. The molecule has 0 spiro atoms. The summed E-state index contributed by atoms with van der Waals surface area (Å²) in [7, 11) is 0. The summed E-state index contributed by atoms with van der Waals surface area (Å²) in [5.74, 6) is -0.925. The van der Waals surface area contributed by atoms with E-state index < -0.39 is 21.5 Å². The summed E-state index contributed by atoms with van der Waals surface area (Å²) in [5, 5.41) is 22.5. The molecular formula is C19H17ClN4O5S. The van der Waals surface area contributed by atoms with Crippen LogP contribution >= 0.6 is 23.4 Å². The number of hydrogen-bond acceptors (Lipinski definition) is 7. The molecule has 1 aromatic carbocycles. The van der Waals surface area contributed by atoms with E-state index in [0.717, 1.165) is 17.7 Å². The minimum Gasteiger partial charge on any atom is -0.353 e. The molecule has 0 radical (unpaired) electrons. The SMILES string of the molecule is N#CC1(C(=O)NCCN2C(=O)S/C(=C\c3ccc(Cl)c([N+](=O)[O-])c3)C2=O)CCCC1. The van der Waals surface area contributed by atoms with Gasteiger partial charge in [-0.3, -0.25) is 29.4 Å². The van der Waals surface area contributed by atoms with Crippen molar-refractivity contribution in [2.75, 3.05) is 13.1 Å². The van der Waals surface area contributed by atoms with Crippen molar-refractivity contribution in [2.45, 2.75) is 25.7 Å². The van der Waals surface area contributed by atoms with Crippen LogP contribution in [0.1, 0.15) is 31.2 Å². The lowest BCUT2D eigenvalue weighted by Crippen LogP contribution is -2.43. The van der Waals surface area contributed by atoms with Gasteiger partial charge < -0.3 is 5.32 Å². The standard InChI is InChI=1S/C19H17ClN4O5S/c20-13-4-3-12(9-14(13)24(28)29)10-15-16(25)23(18(27)30-15)8-7-22-17(26)19(11-21)5-1-2-6-19/h3-4,9-10H,1-2,5-8H2,(H,22,26)/b15-10-. The normalized spacial score (nSPS) is 19.2. The molecule has 1 heterocycles. The molecule has 0 bridgehead atoms. The molecule has 3 rings (SSSR count). The van der Waals surface area contributed by atoms with E-state index in [2.05, 4.69) is 11.4 Å². The van der Waals surface area contributed by atoms with Crippen LogP contribution in [0.15, 0.2) is 23.1 Å². The zero-order valence-electron chi connectivity index (χ0n) is 15.7. The summed E-state index contributed by atoms with van der Waals surface area (Å²) < 4.78 is 0. The molecule has 30 heavy (non-hydrogen) atoms. The van der Waals surface area contributed by atoms with Gasteiger partial charge in [0.1, 0.15) is 10.4 Å². The Balaban J connectivity index is 1.64. The third-order valence-corrected chi connectivity index (χ3v) is 6.29. The van der Waals surface area contributed by atoms with Gasteiger partial charge >= 0.3 is 0 Å². The highest BCUT2D eigenvalue weighted by molar-refractivity contribution is 8.18. The van der Waals surface area contributed by atoms with E-state index in [9.17, 15) is 29.8 Å². The lowest BCUT2D eigenvalue weighted by Gasteiger charge is -2.20. The molecule has 0 atom stereocenters. The Bertz CT molecular complexity index is 997. The molecule has 1 N–H and O–H groups in total. The Kier molecular flexibility index (Phi) is 6.43. The van der Waals surface area contributed by atoms with Crippen LogP contribution in [-0.4, -0.2) is 40.0 Å². The number of imide groups is 1. The van der Waals surface area contributed by atoms with E-state index in [0.29, 0.717) is 30.2 Å². The smallest absolute Gasteiger partial charge is 0.293 e. The fourth-order valence-corrected chi connectivity index (χ4v) is 4.47. The molecule has 9 nitrogen and oxygen atoms in total. The lowest BCUT2D eigenvalue weighted by atomic mass is 9.87. The van der Waals surface area contributed by atoms with Gasteiger partial charge in [0.25, 0.3) is 16.8 Å². The molecule has 3 amide bonds. The van der Waals surface area contributed by atoms with Gasteiger partial charge in [-0.1, -0.05) is 30.5 Å². The maximum Gasteiger partial charge on any atom is 0.293 e.